The Kier molecular flexibility index (Phi) is 5.31. The molecule has 2 rings (SSSR count). The van der Waals surface area contributed by atoms with E-state index in [1.165, 1.54) is 30.3 Å². The summed E-state index contributed by atoms with van der Waals surface area (Å²) in [6.07, 6.45) is -3.38. The van der Waals surface area contributed by atoms with Crippen LogP contribution in [0.4, 0.5) is 13.2 Å². The molecule has 0 aliphatic carbocycles. The van der Waals surface area contributed by atoms with Gasteiger partial charge in [0.15, 0.2) is 0 Å². The predicted octanol–water partition coefficient (Wildman–Crippen LogP) is 4.99. The number of alkyl halides is 3. The number of aromatic nitrogens is 1. The predicted molar refractivity (Wildman–Crippen MR) is 87.3 cm³/mol. The summed E-state index contributed by atoms with van der Waals surface area (Å²) in [7, 11) is 0. The quantitative estimate of drug-likeness (QED) is 0.821. The number of rotatable bonds is 5. The molecule has 7 heteroatoms. The Balaban J connectivity index is 2.70. The van der Waals surface area contributed by atoms with Gasteiger partial charge in [0.05, 0.1) is 23.0 Å². The van der Waals surface area contributed by atoms with Crippen LogP contribution in [0.3, 0.4) is 0 Å². The Hall–Kier alpha value is -2.31. The molecule has 0 aliphatic rings. The third kappa shape index (κ3) is 3.96. The number of ether oxygens (including phenoxy) is 1. The van der Waals surface area contributed by atoms with Crippen molar-refractivity contribution in [2.75, 3.05) is 0 Å². The molecule has 0 unspecified atom stereocenters. The van der Waals surface area contributed by atoms with E-state index < -0.39 is 18.7 Å². The molecule has 3 nitrogen and oxygen atoms in total. The summed E-state index contributed by atoms with van der Waals surface area (Å²) in [4.78, 5) is 4.26. The Labute approximate surface area is 141 Å². The van der Waals surface area contributed by atoms with Gasteiger partial charge in [-0.05, 0) is 18.2 Å². The molecule has 0 bridgehead atoms. The van der Waals surface area contributed by atoms with Gasteiger partial charge in [-0.3, -0.25) is 0 Å². The van der Waals surface area contributed by atoms with Gasteiger partial charge in [-0.1, -0.05) is 43.0 Å². The van der Waals surface area contributed by atoms with Gasteiger partial charge in [-0.25, -0.2) is 4.98 Å². The molecule has 2 aromatic rings. The highest BCUT2D eigenvalue weighted by atomic mass is 35.5. The maximum atomic E-state index is 12.6. The lowest BCUT2D eigenvalue weighted by atomic mass is 10.0. The minimum Gasteiger partial charge on any atom is -0.405 e. The monoisotopic (exact) mass is 355 g/mol. The fourth-order valence-electron chi connectivity index (χ4n) is 2.18. The summed E-state index contributed by atoms with van der Waals surface area (Å²) >= 11 is 5.91. The SMILES string of the molecule is C=Cc1cc(CO)c(-c2ccccc2OC(F)(F)F)nc1C(=C)Cl. The van der Waals surface area contributed by atoms with Crippen molar-refractivity contribution in [1.29, 1.82) is 0 Å². The first-order valence-corrected chi connectivity index (χ1v) is 7.11. The third-order valence-electron chi connectivity index (χ3n) is 3.15. The van der Waals surface area contributed by atoms with Gasteiger partial charge in [0.25, 0.3) is 0 Å². The van der Waals surface area contributed by atoms with Crippen LogP contribution in [0, 0.1) is 0 Å². The zero-order valence-corrected chi connectivity index (χ0v) is 13.2. The first-order chi connectivity index (χ1) is 11.3. The largest absolute Gasteiger partial charge is 0.573 e. The summed E-state index contributed by atoms with van der Waals surface area (Å²) in [5, 5.41) is 9.66. The van der Waals surface area contributed by atoms with Crippen molar-refractivity contribution in [1.82, 2.24) is 4.98 Å². The van der Waals surface area contributed by atoms with Crippen LogP contribution in [0.15, 0.2) is 43.5 Å². The Bertz CT molecular complexity index is 788. The number of hydrogen-bond acceptors (Lipinski definition) is 3. The highest BCUT2D eigenvalue weighted by molar-refractivity contribution is 6.48. The smallest absolute Gasteiger partial charge is 0.405 e. The molecular weight excluding hydrogens is 343 g/mol. The highest BCUT2D eigenvalue weighted by Gasteiger charge is 2.32. The normalized spacial score (nSPS) is 11.2. The molecule has 1 N–H and O–H groups in total. The van der Waals surface area contributed by atoms with Crippen LogP contribution in [-0.2, 0) is 6.61 Å². The van der Waals surface area contributed by atoms with Crippen molar-refractivity contribution in [2.45, 2.75) is 13.0 Å². The van der Waals surface area contributed by atoms with Crippen LogP contribution < -0.4 is 4.74 Å². The molecule has 1 heterocycles. The second-order valence-corrected chi connectivity index (χ2v) is 5.20. The number of benzene rings is 1. The molecule has 0 saturated heterocycles. The molecule has 0 amide bonds. The topological polar surface area (TPSA) is 42.4 Å². The standard InChI is InChI=1S/C17H13ClF3NO2/c1-3-11-8-12(9-23)16(22-15(11)10(2)18)13-6-4-5-7-14(13)24-17(19,20)21/h3-8,23H,1-2,9H2. The zero-order chi connectivity index (χ0) is 17.9. The maximum Gasteiger partial charge on any atom is 0.573 e. The number of pyridine rings is 1. The number of halogens is 4. The van der Waals surface area contributed by atoms with Gasteiger partial charge in [-0.15, -0.1) is 13.2 Å². The lowest BCUT2D eigenvalue weighted by Crippen LogP contribution is -2.17. The molecule has 0 radical (unpaired) electrons. The first kappa shape index (κ1) is 18.0. The van der Waals surface area contributed by atoms with E-state index in [9.17, 15) is 18.3 Å². The minimum absolute atomic E-state index is 0.0775. The van der Waals surface area contributed by atoms with Crippen molar-refractivity contribution in [3.8, 4) is 17.0 Å². The number of nitrogens with zero attached hydrogens (tertiary/aromatic N) is 1. The number of aliphatic hydroxyl groups is 1. The number of hydrogen-bond donors (Lipinski definition) is 1. The van der Waals surface area contributed by atoms with E-state index in [1.54, 1.807) is 6.07 Å². The Morgan fingerprint density at radius 2 is 2.00 bits per heavy atom. The van der Waals surface area contributed by atoms with Crippen LogP contribution in [0.25, 0.3) is 22.4 Å². The number of aliphatic hydroxyl groups excluding tert-OH is 1. The van der Waals surface area contributed by atoms with E-state index >= 15 is 0 Å². The van der Waals surface area contributed by atoms with Crippen molar-refractivity contribution < 1.29 is 23.0 Å². The zero-order valence-electron chi connectivity index (χ0n) is 12.4. The molecule has 1 aromatic carbocycles. The lowest BCUT2D eigenvalue weighted by molar-refractivity contribution is -0.274. The second kappa shape index (κ2) is 7.07. The molecule has 126 valence electrons. The van der Waals surface area contributed by atoms with Gasteiger partial charge >= 0.3 is 6.36 Å². The molecule has 1 aromatic heterocycles. The van der Waals surface area contributed by atoms with Gasteiger partial charge in [0, 0.05) is 16.7 Å². The molecule has 24 heavy (non-hydrogen) atoms. The molecular formula is C17H13ClF3NO2. The summed E-state index contributed by atoms with van der Waals surface area (Å²) < 4.78 is 41.9. The molecule has 0 atom stereocenters. The molecule has 0 spiro atoms. The van der Waals surface area contributed by atoms with Gasteiger partial charge in [-0.2, -0.15) is 0 Å². The Morgan fingerprint density at radius 1 is 1.33 bits per heavy atom. The molecule has 0 saturated carbocycles. The lowest BCUT2D eigenvalue weighted by Gasteiger charge is -2.16. The van der Waals surface area contributed by atoms with Gasteiger partial charge < -0.3 is 9.84 Å². The highest BCUT2D eigenvalue weighted by Crippen LogP contribution is 2.36. The maximum absolute atomic E-state index is 12.6. The fourth-order valence-corrected chi connectivity index (χ4v) is 2.33. The van der Waals surface area contributed by atoms with E-state index in [0.717, 1.165) is 0 Å². The van der Waals surface area contributed by atoms with Crippen LogP contribution in [0.5, 0.6) is 5.75 Å². The average Bonchev–Trinajstić information content (AvgIpc) is 2.52. The van der Waals surface area contributed by atoms with E-state index in [0.29, 0.717) is 11.1 Å². The van der Waals surface area contributed by atoms with E-state index in [4.69, 9.17) is 11.6 Å². The van der Waals surface area contributed by atoms with E-state index in [1.807, 2.05) is 0 Å². The van der Waals surface area contributed by atoms with E-state index in [2.05, 4.69) is 22.9 Å². The van der Waals surface area contributed by atoms with Gasteiger partial charge in [0.2, 0.25) is 0 Å². The van der Waals surface area contributed by atoms with Crippen molar-refractivity contribution in [3.05, 3.63) is 60.3 Å². The summed E-state index contributed by atoms with van der Waals surface area (Å²) in [6, 6.07) is 7.07. The summed E-state index contributed by atoms with van der Waals surface area (Å²) in [5.74, 6) is -0.426. The average molecular weight is 356 g/mol. The summed E-state index contributed by atoms with van der Waals surface area (Å²) in [6.45, 7) is 6.78. The van der Waals surface area contributed by atoms with Crippen molar-refractivity contribution >= 4 is 22.7 Å². The van der Waals surface area contributed by atoms with Crippen LogP contribution in [0.1, 0.15) is 16.8 Å². The molecule has 0 fully saturated rings. The second-order valence-electron chi connectivity index (χ2n) is 4.75. The van der Waals surface area contributed by atoms with Crippen LogP contribution in [0.2, 0.25) is 0 Å². The van der Waals surface area contributed by atoms with Crippen LogP contribution >= 0.6 is 11.6 Å². The minimum atomic E-state index is -4.85. The first-order valence-electron chi connectivity index (χ1n) is 6.74. The van der Waals surface area contributed by atoms with Crippen molar-refractivity contribution in [2.24, 2.45) is 0 Å². The fraction of sp³-hybridized carbons (Fsp3) is 0.118. The van der Waals surface area contributed by atoms with E-state index in [-0.39, 0.29) is 22.0 Å². The van der Waals surface area contributed by atoms with Gasteiger partial charge in [0.1, 0.15) is 5.75 Å². The number of para-hydroxylation sites is 1. The van der Waals surface area contributed by atoms with Crippen LogP contribution in [-0.4, -0.2) is 16.5 Å². The molecule has 0 aliphatic heterocycles. The third-order valence-corrected chi connectivity index (χ3v) is 3.33. The Morgan fingerprint density at radius 3 is 2.54 bits per heavy atom. The van der Waals surface area contributed by atoms with Crippen molar-refractivity contribution in [3.63, 3.8) is 0 Å². The summed E-state index contributed by atoms with van der Waals surface area (Å²) in [5.41, 5.74) is 1.29.